The zero-order valence-electron chi connectivity index (χ0n) is 22.1. The van der Waals surface area contributed by atoms with Crippen molar-refractivity contribution in [3.63, 3.8) is 0 Å². The highest BCUT2D eigenvalue weighted by Crippen LogP contribution is 2.09. The van der Waals surface area contributed by atoms with Crippen LogP contribution in [0.2, 0.25) is 0 Å². The van der Waals surface area contributed by atoms with Crippen molar-refractivity contribution in [2.45, 2.75) is 70.1 Å². The predicted molar refractivity (Wildman–Crippen MR) is 143 cm³/mol. The van der Waals surface area contributed by atoms with Gasteiger partial charge >= 0.3 is 11.9 Å². The molecule has 0 saturated carbocycles. The van der Waals surface area contributed by atoms with Gasteiger partial charge in [0.15, 0.2) is 5.96 Å². The number of guanidine groups is 1. The quantitative estimate of drug-likeness (QED) is 0.0645. The van der Waals surface area contributed by atoms with E-state index in [1.807, 2.05) is 6.92 Å². The highest BCUT2D eigenvalue weighted by Gasteiger charge is 2.32. The second kappa shape index (κ2) is 16.6. The van der Waals surface area contributed by atoms with Crippen molar-refractivity contribution >= 4 is 35.6 Å². The smallest absolute Gasteiger partial charge is 0.326 e. The Kier molecular flexibility index (Phi) is 14.0. The van der Waals surface area contributed by atoms with Crippen LogP contribution in [0.25, 0.3) is 0 Å². The monoisotopic (exact) mass is 549 g/mol. The molecule has 0 radical (unpaired) electrons. The number of benzene rings is 1. The van der Waals surface area contributed by atoms with E-state index in [9.17, 15) is 34.2 Å². The first-order valence-electron chi connectivity index (χ1n) is 12.6. The molecule has 11 N–H and O–H groups in total. The van der Waals surface area contributed by atoms with E-state index in [0.717, 1.165) is 0 Å². The summed E-state index contributed by atoms with van der Waals surface area (Å²) in [4.78, 5) is 65.8. The summed E-state index contributed by atoms with van der Waals surface area (Å²) in [7, 11) is 0. The van der Waals surface area contributed by atoms with Gasteiger partial charge in [0.1, 0.15) is 18.1 Å². The Balaban J connectivity index is 3.11. The van der Waals surface area contributed by atoms with Crippen LogP contribution < -0.4 is 33.2 Å². The average Bonchev–Trinajstić information content (AvgIpc) is 2.88. The lowest BCUT2D eigenvalue weighted by molar-refractivity contribution is -0.143. The van der Waals surface area contributed by atoms with Crippen molar-refractivity contribution in [2.24, 2.45) is 28.1 Å². The molecule has 39 heavy (non-hydrogen) atoms. The summed E-state index contributed by atoms with van der Waals surface area (Å²) in [5, 5.41) is 26.1. The largest absolute Gasteiger partial charge is 0.481 e. The lowest BCUT2D eigenvalue weighted by Crippen LogP contribution is -2.58. The van der Waals surface area contributed by atoms with Crippen LogP contribution in [0.15, 0.2) is 35.3 Å². The number of carboxylic acid groups (broad SMARTS) is 2. The fourth-order valence-electron chi connectivity index (χ4n) is 3.53. The summed E-state index contributed by atoms with van der Waals surface area (Å²) in [6.07, 6.45) is 0.0648. The van der Waals surface area contributed by atoms with Crippen molar-refractivity contribution < 1.29 is 34.2 Å². The van der Waals surface area contributed by atoms with Crippen LogP contribution >= 0.6 is 0 Å². The highest BCUT2D eigenvalue weighted by atomic mass is 16.4. The van der Waals surface area contributed by atoms with Crippen LogP contribution in [0, 0.1) is 5.92 Å². The van der Waals surface area contributed by atoms with E-state index in [1.54, 1.807) is 37.3 Å². The molecule has 0 aliphatic rings. The molecule has 0 aromatic heterocycles. The standard InChI is InChI=1S/C25H39N7O7/c1-3-14(2)20(26)23(37)32-18(13-19(33)34)22(36)31-17(12-15-8-5-4-6-9-15)21(35)30-16(24(38)39)10-7-11-29-25(27)28/h4-6,8-9,14,16-18,20H,3,7,10-13,26H2,1-2H3,(H,30,35)(H,31,36)(H,32,37)(H,33,34)(H,38,39)(H4,27,28,29). The van der Waals surface area contributed by atoms with Crippen molar-refractivity contribution in [1.82, 2.24) is 16.0 Å². The Bertz CT molecular complexity index is 1020. The Morgan fingerprint density at radius 3 is 2.00 bits per heavy atom. The third-order valence-corrected chi connectivity index (χ3v) is 6.05. The van der Waals surface area contributed by atoms with Gasteiger partial charge in [0.05, 0.1) is 12.5 Å². The molecule has 14 heteroatoms. The zero-order chi connectivity index (χ0) is 29.5. The summed E-state index contributed by atoms with van der Waals surface area (Å²) in [6.45, 7) is 3.73. The van der Waals surface area contributed by atoms with Gasteiger partial charge in [-0.1, -0.05) is 50.6 Å². The molecule has 1 aromatic rings. The minimum absolute atomic E-state index is 0.00898. The van der Waals surface area contributed by atoms with Gasteiger partial charge < -0.3 is 43.4 Å². The number of rotatable bonds is 17. The van der Waals surface area contributed by atoms with E-state index in [1.165, 1.54) is 0 Å². The first-order chi connectivity index (χ1) is 18.3. The van der Waals surface area contributed by atoms with Crippen molar-refractivity contribution in [3.05, 3.63) is 35.9 Å². The number of hydrogen-bond donors (Lipinski definition) is 8. The first-order valence-corrected chi connectivity index (χ1v) is 12.6. The minimum Gasteiger partial charge on any atom is -0.481 e. The van der Waals surface area contributed by atoms with Gasteiger partial charge in [-0.15, -0.1) is 0 Å². The molecule has 5 unspecified atom stereocenters. The summed E-state index contributed by atoms with van der Waals surface area (Å²) in [6, 6.07) is 3.53. The summed E-state index contributed by atoms with van der Waals surface area (Å²) in [5.41, 5.74) is 17.1. The van der Waals surface area contributed by atoms with E-state index < -0.39 is 60.2 Å². The predicted octanol–water partition coefficient (Wildman–Crippen LogP) is -1.33. The molecule has 1 aromatic carbocycles. The topological polar surface area (TPSA) is 252 Å². The number of nitrogens with two attached hydrogens (primary N) is 3. The van der Waals surface area contributed by atoms with Crippen molar-refractivity contribution in [2.75, 3.05) is 6.54 Å². The molecule has 0 aliphatic carbocycles. The average molecular weight is 550 g/mol. The van der Waals surface area contributed by atoms with Gasteiger partial charge in [-0.25, -0.2) is 4.79 Å². The molecule has 0 fully saturated rings. The maximum absolute atomic E-state index is 13.2. The lowest BCUT2D eigenvalue weighted by atomic mass is 9.98. The molecule has 216 valence electrons. The Morgan fingerprint density at radius 2 is 1.46 bits per heavy atom. The Hall–Kier alpha value is -4.20. The molecule has 0 saturated heterocycles. The molecule has 5 atom stereocenters. The summed E-state index contributed by atoms with van der Waals surface area (Å²) in [5.74, 6) is -5.48. The van der Waals surface area contributed by atoms with Crippen LogP contribution in [0.3, 0.4) is 0 Å². The van der Waals surface area contributed by atoms with Crippen LogP contribution in [0.1, 0.15) is 45.1 Å². The van der Waals surface area contributed by atoms with Gasteiger partial charge in [0.25, 0.3) is 0 Å². The second-order valence-electron chi connectivity index (χ2n) is 9.17. The van der Waals surface area contributed by atoms with Crippen molar-refractivity contribution in [1.29, 1.82) is 0 Å². The number of nitrogens with zero attached hydrogens (tertiary/aromatic N) is 1. The normalized spacial score (nSPS) is 14.5. The minimum atomic E-state index is -1.52. The number of carboxylic acids is 2. The summed E-state index contributed by atoms with van der Waals surface area (Å²) >= 11 is 0. The molecule has 0 heterocycles. The SMILES string of the molecule is CCC(C)C(N)C(=O)NC(CC(=O)O)C(=O)NC(Cc1ccccc1)C(=O)NC(CCCN=C(N)N)C(=O)O. The number of carbonyl (C=O) groups is 5. The first kappa shape index (κ1) is 32.8. The summed E-state index contributed by atoms with van der Waals surface area (Å²) < 4.78 is 0. The number of amides is 3. The maximum atomic E-state index is 13.2. The Labute approximate surface area is 226 Å². The van der Waals surface area contributed by atoms with Gasteiger partial charge in [0.2, 0.25) is 17.7 Å². The highest BCUT2D eigenvalue weighted by molar-refractivity contribution is 5.95. The van der Waals surface area contributed by atoms with Gasteiger partial charge in [-0.05, 0) is 24.3 Å². The molecular weight excluding hydrogens is 510 g/mol. The molecule has 0 bridgehead atoms. The molecule has 3 amide bonds. The van der Waals surface area contributed by atoms with Crippen LogP contribution in [-0.4, -0.2) is 76.5 Å². The Morgan fingerprint density at radius 1 is 0.897 bits per heavy atom. The number of aliphatic carboxylic acids is 2. The second-order valence-corrected chi connectivity index (χ2v) is 9.17. The van der Waals surface area contributed by atoms with Crippen LogP contribution in [0.5, 0.6) is 0 Å². The zero-order valence-corrected chi connectivity index (χ0v) is 22.1. The third-order valence-electron chi connectivity index (χ3n) is 6.05. The number of aliphatic imine (C=N–C) groups is 1. The fraction of sp³-hybridized carbons (Fsp3) is 0.520. The van der Waals surface area contributed by atoms with E-state index in [2.05, 4.69) is 20.9 Å². The molecule has 0 aliphatic heterocycles. The molecule has 14 nitrogen and oxygen atoms in total. The number of carbonyl (C=O) groups excluding carboxylic acids is 3. The lowest BCUT2D eigenvalue weighted by Gasteiger charge is -2.25. The fourth-order valence-corrected chi connectivity index (χ4v) is 3.53. The van der Waals surface area contributed by atoms with Crippen LogP contribution in [0.4, 0.5) is 0 Å². The van der Waals surface area contributed by atoms with Gasteiger partial charge in [-0.3, -0.25) is 24.2 Å². The van der Waals surface area contributed by atoms with E-state index in [4.69, 9.17) is 17.2 Å². The van der Waals surface area contributed by atoms with Gasteiger partial charge in [0, 0.05) is 13.0 Å². The molecule has 1 rings (SSSR count). The molecule has 0 spiro atoms. The molecular formula is C25H39N7O7. The third kappa shape index (κ3) is 12.3. The van der Waals surface area contributed by atoms with Crippen LogP contribution in [-0.2, 0) is 30.4 Å². The van der Waals surface area contributed by atoms with E-state index in [-0.39, 0.29) is 37.7 Å². The van der Waals surface area contributed by atoms with E-state index in [0.29, 0.717) is 12.0 Å². The van der Waals surface area contributed by atoms with Gasteiger partial charge in [-0.2, -0.15) is 0 Å². The van der Waals surface area contributed by atoms with Crippen molar-refractivity contribution in [3.8, 4) is 0 Å². The maximum Gasteiger partial charge on any atom is 0.326 e. The number of hydrogen-bond acceptors (Lipinski definition) is 7. The van der Waals surface area contributed by atoms with E-state index >= 15 is 0 Å². The number of nitrogens with one attached hydrogen (secondary N) is 3.